The second-order valence-corrected chi connectivity index (χ2v) is 9.01. The fourth-order valence-electron chi connectivity index (χ4n) is 5.34. The molecule has 0 atom stereocenters. The highest BCUT2D eigenvalue weighted by atomic mass is 16.1. The molecule has 0 saturated carbocycles. The molecule has 0 bridgehead atoms. The molecule has 0 amide bonds. The Morgan fingerprint density at radius 1 is 0.688 bits per heavy atom. The van der Waals surface area contributed by atoms with Gasteiger partial charge in [0.15, 0.2) is 0 Å². The third-order valence-electron chi connectivity index (χ3n) is 7.04. The van der Waals surface area contributed by atoms with E-state index in [-0.39, 0.29) is 5.56 Å². The summed E-state index contributed by atoms with van der Waals surface area (Å²) in [5.41, 5.74) is 7.63. The van der Waals surface area contributed by atoms with Gasteiger partial charge in [0.2, 0.25) is 0 Å². The Morgan fingerprint density at radius 2 is 1.38 bits per heavy atom. The van der Waals surface area contributed by atoms with Crippen molar-refractivity contribution in [2.24, 2.45) is 0 Å². The van der Waals surface area contributed by atoms with Gasteiger partial charge in [0, 0.05) is 56.6 Å². The van der Waals surface area contributed by atoms with Gasteiger partial charge < -0.3 is 4.98 Å². The molecule has 0 unspecified atom stereocenters. The zero-order chi connectivity index (χ0) is 21.5. The van der Waals surface area contributed by atoms with Gasteiger partial charge in [0.25, 0.3) is 5.56 Å². The fourth-order valence-corrected chi connectivity index (χ4v) is 5.34. The first kappa shape index (κ1) is 19.5. The molecule has 1 fully saturated rings. The Kier molecular flexibility index (Phi) is 4.90. The van der Waals surface area contributed by atoms with Crippen molar-refractivity contribution in [2.75, 3.05) is 26.2 Å². The molecule has 4 nitrogen and oxygen atoms in total. The van der Waals surface area contributed by atoms with E-state index in [0.717, 1.165) is 62.2 Å². The standard InChI is InChI=1S/C28H27N3O/c32-28-24-11-5-4-10-22(24)26-17-25-21(9-6-12-23(25)27(26)29-28)19-31-15-13-30(14-16-31)18-20-7-2-1-3-8-20/h1-12H,13-19H2,(H,29,32). The SMILES string of the molecule is O=c1[nH]c2c(c3ccccc13)Cc1c(CN3CCN(Cc4ccccc4)CC3)cccc1-2. The van der Waals surface area contributed by atoms with Crippen LogP contribution in [0.3, 0.4) is 0 Å². The number of pyridine rings is 1. The lowest BCUT2D eigenvalue weighted by Gasteiger charge is -2.35. The molecule has 6 rings (SSSR count). The topological polar surface area (TPSA) is 39.3 Å². The lowest BCUT2D eigenvalue weighted by Crippen LogP contribution is -2.45. The number of fused-ring (bicyclic) bond motifs is 5. The molecule has 4 heteroatoms. The van der Waals surface area contributed by atoms with E-state index in [9.17, 15) is 4.79 Å². The van der Waals surface area contributed by atoms with E-state index in [0.29, 0.717) is 0 Å². The lowest BCUT2D eigenvalue weighted by atomic mass is 10.0. The molecule has 1 aromatic heterocycles. The Bertz CT molecular complexity index is 1330. The number of hydrogen-bond acceptors (Lipinski definition) is 3. The highest BCUT2D eigenvalue weighted by molar-refractivity contribution is 5.93. The minimum atomic E-state index is 0.00661. The van der Waals surface area contributed by atoms with Crippen LogP contribution in [0.4, 0.5) is 0 Å². The fraction of sp³-hybridized carbons (Fsp3) is 0.250. The normalized spacial score (nSPS) is 16.2. The van der Waals surface area contributed by atoms with Crippen LogP contribution in [-0.2, 0) is 19.5 Å². The van der Waals surface area contributed by atoms with Crippen molar-refractivity contribution in [3.05, 3.63) is 105 Å². The van der Waals surface area contributed by atoms with Crippen molar-refractivity contribution >= 4 is 10.8 Å². The van der Waals surface area contributed by atoms with E-state index in [1.54, 1.807) is 0 Å². The van der Waals surface area contributed by atoms with Crippen molar-refractivity contribution in [1.82, 2.24) is 14.8 Å². The Morgan fingerprint density at radius 3 is 2.16 bits per heavy atom. The van der Waals surface area contributed by atoms with Gasteiger partial charge in [0.1, 0.15) is 0 Å². The van der Waals surface area contributed by atoms with Crippen LogP contribution in [0.1, 0.15) is 22.3 Å². The van der Waals surface area contributed by atoms with Crippen LogP contribution in [0, 0.1) is 0 Å². The predicted octanol–water partition coefficient (Wildman–Crippen LogP) is 4.42. The van der Waals surface area contributed by atoms with Crippen molar-refractivity contribution in [3.8, 4) is 11.3 Å². The van der Waals surface area contributed by atoms with Gasteiger partial charge >= 0.3 is 0 Å². The molecule has 3 aromatic carbocycles. The van der Waals surface area contributed by atoms with Gasteiger partial charge in [-0.05, 0) is 33.7 Å². The molecule has 1 aliphatic heterocycles. The molecule has 160 valence electrons. The van der Waals surface area contributed by atoms with Crippen molar-refractivity contribution in [3.63, 3.8) is 0 Å². The minimum Gasteiger partial charge on any atom is -0.321 e. The van der Waals surface area contributed by atoms with E-state index < -0.39 is 0 Å². The number of aromatic nitrogens is 1. The van der Waals surface area contributed by atoms with Crippen LogP contribution in [0.25, 0.3) is 22.0 Å². The van der Waals surface area contributed by atoms with E-state index in [1.807, 2.05) is 18.2 Å². The third kappa shape index (κ3) is 3.46. The summed E-state index contributed by atoms with van der Waals surface area (Å²) in [7, 11) is 0. The first-order chi connectivity index (χ1) is 15.8. The summed E-state index contributed by atoms with van der Waals surface area (Å²) in [5.74, 6) is 0. The number of aromatic amines is 1. The molecule has 1 N–H and O–H groups in total. The van der Waals surface area contributed by atoms with Crippen molar-refractivity contribution < 1.29 is 0 Å². The summed E-state index contributed by atoms with van der Waals surface area (Å²) >= 11 is 0. The smallest absolute Gasteiger partial charge is 0.256 e. The van der Waals surface area contributed by atoms with Gasteiger partial charge in [-0.2, -0.15) is 0 Å². The molecule has 0 radical (unpaired) electrons. The molecule has 2 aliphatic rings. The maximum absolute atomic E-state index is 12.6. The highest BCUT2D eigenvalue weighted by Gasteiger charge is 2.26. The molecule has 4 aromatic rings. The maximum atomic E-state index is 12.6. The van der Waals surface area contributed by atoms with Crippen molar-refractivity contribution in [2.45, 2.75) is 19.5 Å². The van der Waals surface area contributed by atoms with Gasteiger partial charge in [0.05, 0.1) is 5.69 Å². The first-order valence-electron chi connectivity index (χ1n) is 11.5. The Balaban J connectivity index is 1.21. The molecular weight excluding hydrogens is 394 g/mol. The van der Waals surface area contributed by atoms with Gasteiger partial charge in [-0.3, -0.25) is 14.6 Å². The summed E-state index contributed by atoms with van der Waals surface area (Å²) in [4.78, 5) is 20.9. The molecular formula is C28H27N3O. The number of benzene rings is 3. The number of nitrogens with zero attached hydrogens (tertiary/aromatic N) is 2. The molecule has 32 heavy (non-hydrogen) atoms. The summed E-state index contributed by atoms with van der Waals surface area (Å²) in [6.07, 6.45) is 0.895. The number of nitrogens with one attached hydrogen (secondary N) is 1. The second-order valence-electron chi connectivity index (χ2n) is 9.01. The lowest BCUT2D eigenvalue weighted by molar-refractivity contribution is 0.122. The number of hydrogen-bond donors (Lipinski definition) is 1. The molecule has 0 spiro atoms. The van der Waals surface area contributed by atoms with E-state index in [4.69, 9.17) is 0 Å². The Labute approximate surface area is 188 Å². The van der Waals surface area contributed by atoms with E-state index in [2.05, 4.69) is 69.4 Å². The molecule has 2 heterocycles. The predicted molar refractivity (Wildman–Crippen MR) is 130 cm³/mol. The van der Waals surface area contributed by atoms with Crippen LogP contribution < -0.4 is 5.56 Å². The average Bonchev–Trinajstić information content (AvgIpc) is 3.21. The zero-order valence-electron chi connectivity index (χ0n) is 18.2. The molecule has 1 saturated heterocycles. The second kappa shape index (κ2) is 8.05. The van der Waals surface area contributed by atoms with Crippen LogP contribution in [0.5, 0.6) is 0 Å². The van der Waals surface area contributed by atoms with Crippen LogP contribution >= 0.6 is 0 Å². The van der Waals surface area contributed by atoms with E-state index >= 15 is 0 Å². The summed E-state index contributed by atoms with van der Waals surface area (Å²) in [6.45, 7) is 6.38. The van der Waals surface area contributed by atoms with Gasteiger partial charge in [-0.15, -0.1) is 0 Å². The third-order valence-corrected chi connectivity index (χ3v) is 7.04. The monoisotopic (exact) mass is 421 g/mol. The van der Waals surface area contributed by atoms with Gasteiger partial charge in [-0.25, -0.2) is 0 Å². The van der Waals surface area contributed by atoms with Crippen LogP contribution in [-0.4, -0.2) is 41.0 Å². The minimum absolute atomic E-state index is 0.00661. The Hall–Kier alpha value is -3.21. The van der Waals surface area contributed by atoms with E-state index in [1.165, 1.54) is 27.8 Å². The van der Waals surface area contributed by atoms with Gasteiger partial charge in [-0.1, -0.05) is 66.7 Å². The largest absolute Gasteiger partial charge is 0.321 e. The summed E-state index contributed by atoms with van der Waals surface area (Å²) in [5, 5.41) is 1.87. The first-order valence-corrected chi connectivity index (χ1v) is 11.5. The zero-order valence-corrected chi connectivity index (χ0v) is 18.2. The highest BCUT2D eigenvalue weighted by Crippen LogP contribution is 2.39. The van der Waals surface area contributed by atoms with Crippen LogP contribution in [0.2, 0.25) is 0 Å². The summed E-state index contributed by atoms with van der Waals surface area (Å²) in [6, 6.07) is 25.3. The van der Waals surface area contributed by atoms with Crippen LogP contribution in [0.15, 0.2) is 77.6 Å². The number of piperazine rings is 1. The number of rotatable bonds is 4. The summed E-state index contributed by atoms with van der Waals surface area (Å²) < 4.78 is 0. The maximum Gasteiger partial charge on any atom is 0.256 e. The van der Waals surface area contributed by atoms with Crippen molar-refractivity contribution in [1.29, 1.82) is 0 Å². The quantitative estimate of drug-likeness (QED) is 0.467. The molecule has 1 aliphatic carbocycles. The number of H-pyrrole nitrogens is 1. The average molecular weight is 422 g/mol.